The number of benzene rings is 1. The lowest BCUT2D eigenvalue weighted by Crippen LogP contribution is -2.40. The Hall–Kier alpha value is -1.66. The molecule has 1 unspecified atom stereocenters. The van der Waals surface area contributed by atoms with Crippen LogP contribution in [0.2, 0.25) is 0 Å². The van der Waals surface area contributed by atoms with Crippen LogP contribution in [0.4, 0.5) is 11.4 Å². The third-order valence-electron chi connectivity index (χ3n) is 3.49. The number of nitrogens with zero attached hydrogens (tertiary/aromatic N) is 3. The fraction of sp³-hybridized carbons (Fsp3) is 0.600. The van der Waals surface area contributed by atoms with Crippen LogP contribution in [0.1, 0.15) is 32.4 Å². The molecule has 0 aliphatic rings. The Morgan fingerprint density at radius 3 is 2.38 bits per heavy atom. The van der Waals surface area contributed by atoms with Crippen molar-refractivity contribution in [2.24, 2.45) is 0 Å². The highest BCUT2D eigenvalue weighted by Crippen LogP contribution is 2.32. The predicted octanol–water partition coefficient (Wildman–Crippen LogP) is 2.42. The van der Waals surface area contributed by atoms with E-state index in [-0.39, 0.29) is 16.7 Å². The largest absolute Gasteiger partial charge is 0.389 e. The number of anilines is 1. The van der Waals surface area contributed by atoms with Crippen LogP contribution in [0.3, 0.4) is 0 Å². The van der Waals surface area contributed by atoms with Crippen LogP contribution < -0.4 is 4.90 Å². The first-order chi connectivity index (χ1) is 9.77. The first-order valence-corrected chi connectivity index (χ1v) is 7.15. The zero-order valence-electron chi connectivity index (χ0n) is 13.4. The van der Waals surface area contributed by atoms with Gasteiger partial charge >= 0.3 is 0 Å². The number of hydrogen-bond donors (Lipinski definition) is 1. The smallest absolute Gasteiger partial charge is 0.292 e. The van der Waals surface area contributed by atoms with Gasteiger partial charge in [0.05, 0.1) is 11.0 Å². The van der Waals surface area contributed by atoms with Crippen molar-refractivity contribution >= 4 is 11.4 Å². The van der Waals surface area contributed by atoms with Crippen molar-refractivity contribution in [2.75, 3.05) is 32.1 Å². The Morgan fingerprint density at radius 1 is 1.33 bits per heavy atom. The topological polar surface area (TPSA) is 69.8 Å². The van der Waals surface area contributed by atoms with Crippen LogP contribution in [0, 0.1) is 10.1 Å². The quantitative estimate of drug-likeness (QED) is 0.618. The van der Waals surface area contributed by atoms with Crippen LogP contribution in [-0.4, -0.2) is 48.2 Å². The molecule has 1 N–H and O–H groups in total. The molecule has 0 saturated carbocycles. The highest BCUT2D eigenvalue weighted by atomic mass is 16.6. The van der Waals surface area contributed by atoms with Gasteiger partial charge in [-0.25, -0.2) is 0 Å². The maximum atomic E-state index is 11.3. The molecule has 2 atom stereocenters. The van der Waals surface area contributed by atoms with Crippen LogP contribution >= 0.6 is 0 Å². The fourth-order valence-corrected chi connectivity index (χ4v) is 2.54. The molecule has 1 aromatic rings. The summed E-state index contributed by atoms with van der Waals surface area (Å²) in [7, 11) is 3.96. The summed E-state index contributed by atoms with van der Waals surface area (Å²) < 4.78 is 0. The van der Waals surface area contributed by atoms with E-state index < -0.39 is 6.10 Å². The minimum atomic E-state index is -0.716. The van der Waals surface area contributed by atoms with Crippen LogP contribution in [-0.2, 0) is 0 Å². The van der Waals surface area contributed by atoms with Crippen molar-refractivity contribution in [3.8, 4) is 0 Å². The average molecular weight is 295 g/mol. The molecule has 0 aliphatic heterocycles. The Labute approximate surface area is 126 Å². The van der Waals surface area contributed by atoms with E-state index in [1.807, 2.05) is 25.9 Å². The number of nitro benzene ring substituents is 1. The van der Waals surface area contributed by atoms with Gasteiger partial charge in [-0.2, -0.15) is 0 Å². The summed E-state index contributed by atoms with van der Waals surface area (Å²) in [5, 5.41) is 21.0. The second-order valence-corrected chi connectivity index (χ2v) is 5.58. The van der Waals surface area contributed by atoms with Gasteiger partial charge in [-0.1, -0.05) is 6.07 Å². The van der Waals surface area contributed by atoms with E-state index in [1.165, 1.54) is 6.07 Å². The lowest BCUT2D eigenvalue weighted by Gasteiger charge is -2.31. The van der Waals surface area contributed by atoms with Crippen LogP contribution in [0.25, 0.3) is 0 Å². The second-order valence-electron chi connectivity index (χ2n) is 5.58. The molecule has 0 aliphatic carbocycles. The maximum absolute atomic E-state index is 11.3. The van der Waals surface area contributed by atoms with Crippen molar-refractivity contribution in [2.45, 2.75) is 32.9 Å². The van der Waals surface area contributed by atoms with E-state index in [0.717, 1.165) is 6.54 Å². The lowest BCUT2D eigenvalue weighted by molar-refractivity contribution is -0.384. The molecule has 6 nitrogen and oxygen atoms in total. The maximum Gasteiger partial charge on any atom is 0.292 e. The zero-order chi connectivity index (χ0) is 16.2. The highest BCUT2D eigenvalue weighted by Gasteiger charge is 2.23. The first kappa shape index (κ1) is 17.4. The number of hydrogen-bond acceptors (Lipinski definition) is 5. The highest BCUT2D eigenvalue weighted by molar-refractivity contribution is 5.65. The number of likely N-dealkylation sites (N-methyl/N-ethyl adjacent to an activating group) is 2. The first-order valence-electron chi connectivity index (χ1n) is 7.15. The van der Waals surface area contributed by atoms with E-state index in [2.05, 4.69) is 11.8 Å². The molecule has 0 radical (unpaired) electrons. The van der Waals surface area contributed by atoms with E-state index in [9.17, 15) is 15.2 Å². The molecule has 1 rings (SSSR count). The minimum absolute atomic E-state index is 0.0425. The summed E-state index contributed by atoms with van der Waals surface area (Å²) in [5.74, 6) is 0. The summed E-state index contributed by atoms with van der Waals surface area (Å²) in [6, 6.07) is 5.10. The van der Waals surface area contributed by atoms with Gasteiger partial charge in [-0.15, -0.1) is 0 Å². The standard InChI is InChI=1S/C15H25N3O3/c1-6-17(11(2)10-16(4)5)14-8-7-13(12(3)19)9-15(14)18(20)21/h7-9,11-12,19H,6,10H2,1-5H3/t11?,12-/m0/s1. The molecule has 118 valence electrons. The van der Waals surface area contributed by atoms with E-state index in [0.29, 0.717) is 17.8 Å². The number of rotatable bonds is 7. The van der Waals surface area contributed by atoms with Gasteiger partial charge in [0.2, 0.25) is 0 Å². The molecule has 0 aromatic heterocycles. The van der Waals surface area contributed by atoms with Gasteiger partial charge in [-0.3, -0.25) is 10.1 Å². The molecule has 0 spiro atoms. The Morgan fingerprint density at radius 2 is 1.95 bits per heavy atom. The van der Waals surface area contributed by atoms with Gasteiger partial charge < -0.3 is 14.9 Å². The van der Waals surface area contributed by atoms with Gasteiger partial charge in [0.15, 0.2) is 0 Å². The molecule has 0 saturated heterocycles. The average Bonchev–Trinajstić information content (AvgIpc) is 2.38. The molecular formula is C15H25N3O3. The van der Waals surface area contributed by atoms with Gasteiger partial charge in [0, 0.05) is 25.2 Å². The lowest BCUT2D eigenvalue weighted by atomic mass is 10.1. The van der Waals surface area contributed by atoms with Gasteiger partial charge in [0.25, 0.3) is 5.69 Å². The summed E-state index contributed by atoms with van der Waals surface area (Å²) in [4.78, 5) is 15.0. The van der Waals surface area contributed by atoms with Gasteiger partial charge in [0.1, 0.15) is 5.69 Å². The van der Waals surface area contributed by atoms with Crippen molar-refractivity contribution in [3.63, 3.8) is 0 Å². The molecule has 0 heterocycles. The zero-order valence-corrected chi connectivity index (χ0v) is 13.4. The third kappa shape index (κ3) is 4.41. The summed E-state index contributed by atoms with van der Waals surface area (Å²) in [6.45, 7) is 7.13. The van der Waals surface area contributed by atoms with Crippen molar-refractivity contribution in [3.05, 3.63) is 33.9 Å². The molecule has 6 heteroatoms. The Kier molecular flexibility index (Phi) is 6.11. The van der Waals surface area contributed by atoms with E-state index in [4.69, 9.17) is 0 Å². The molecule has 0 bridgehead atoms. The number of aliphatic hydroxyl groups is 1. The molecule has 0 amide bonds. The third-order valence-corrected chi connectivity index (χ3v) is 3.49. The van der Waals surface area contributed by atoms with Gasteiger partial charge in [-0.05, 0) is 46.5 Å². The normalized spacial score (nSPS) is 14.0. The summed E-state index contributed by atoms with van der Waals surface area (Å²) in [6.07, 6.45) is -0.716. The summed E-state index contributed by atoms with van der Waals surface area (Å²) >= 11 is 0. The molecule has 1 aromatic carbocycles. The van der Waals surface area contributed by atoms with Crippen molar-refractivity contribution in [1.82, 2.24) is 4.90 Å². The van der Waals surface area contributed by atoms with Crippen LogP contribution in [0.15, 0.2) is 18.2 Å². The SMILES string of the molecule is CCN(c1ccc([C@H](C)O)cc1[N+](=O)[O-])C(C)CN(C)C. The molecular weight excluding hydrogens is 270 g/mol. The van der Waals surface area contributed by atoms with Crippen molar-refractivity contribution < 1.29 is 10.0 Å². The van der Waals surface area contributed by atoms with Crippen LogP contribution in [0.5, 0.6) is 0 Å². The second kappa shape index (κ2) is 7.38. The van der Waals surface area contributed by atoms with E-state index >= 15 is 0 Å². The monoisotopic (exact) mass is 295 g/mol. The summed E-state index contributed by atoms with van der Waals surface area (Å²) in [5.41, 5.74) is 1.20. The molecule has 0 fully saturated rings. The number of nitro groups is 1. The minimum Gasteiger partial charge on any atom is -0.389 e. The Balaban J connectivity index is 3.22. The van der Waals surface area contributed by atoms with Crippen molar-refractivity contribution in [1.29, 1.82) is 0 Å². The molecule has 21 heavy (non-hydrogen) atoms. The Bertz CT molecular complexity index is 489. The predicted molar refractivity (Wildman–Crippen MR) is 84.8 cm³/mol. The number of aliphatic hydroxyl groups excluding tert-OH is 1. The fourth-order valence-electron chi connectivity index (χ4n) is 2.54. The van der Waals surface area contributed by atoms with E-state index in [1.54, 1.807) is 19.1 Å².